The number of hydrogen-bond acceptors (Lipinski definition) is 5. The van der Waals surface area contributed by atoms with Gasteiger partial charge < -0.3 is 10.6 Å². The fourth-order valence-electron chi connectivity index (χ4n) is 0.858. The van der Waals surface area contributed by atoms with Crippen LogP contribution in [-0.2, 0) is 0 Å². The number of nitrogens with one attached hydrogen (secondary N) is 2. The standard InChI is InChI=1S/C4H6N6O/c5-2-8-3-6-1-7-10(3)4(11)9-2/h1-2H,5H2,(H,9,11)(H,6,7,8). The van der Waals surface area contributed by atoms with Crippen molar-refractivity contribution in [1.29, 1.82) is 0 Å². The van der Waals surface area contributed by atoms with Crippen molar-refractivity contribution >= 4 is 12.0 Å². The molecule has 7 nitrogen and oxygen atoms in total. The van der Waals surface area contributed by atoms with Crippen LogP contribution in [0.3, 0.4) is 0 Å². The lowest BCUT2D eigenvalue weighted by Crippen LogP contribution is -2.53. The van der Waals surface area contributed by atoms with E-state index in [1.54, 1.807) is 0 Å². The Morgan fingerprint density at radius 1 is 1.64 bits per heavy atom. The number of anilines is 1. The van der Waals surface area contributed by atoms with Crippen molar-refractivity contribution in [2.75, 3.05) is 5.32 Å². The maximum absolute atomic E-state index is 11.0. The lowest BCUT2D eigenvalue weighted by atomic mass is 10.7. The van der Waals surface area contributed by atoms with Crippen LogP contribution in [-0.4, -0.2) is 27.1 Å². The fraction of sp³-hybridized carbons (Fsp3) is 0.250. The summed E-state index contributed by atoms with van der Waals surface area (Å²) in [6.07, 6.45) is 0.694. The molecule has 1 aromatic heterocycles. The number of hydrogen-bond donors (Lipinski definition) is 3. The van der Waals surface area contributed by atoms with E-state index >= 15 is 0 Å². The predicted molar refractivity (Wildman–Crippen MR) is 35.5 cm³/mol. The summed E-state index contributed by atoms with van der Waals surface area (Å²) in [5, 5.41) is 8.76. The average molecular weight is 154 g/mol. The summed E-state index contributed by atoms with van der Waals surface area (Å²) in [5.74, 6) is 0.362. The highest BCUT2D eigenvalue weighted by atomic mass is 16.2. The summed E-state index contributed by atoms with van der Waals surface area (Å²) in [7, 11) is 0. The van der Waals surface area contributed by atoms with Gasteiger partial charge in [-0.15, -0.1) is 9.78 Å². The molecule has 2 rings (SSSR count). The Bertz CT molecular complexity index is 293. The number of rotatable bonds is 0. The van der Waals surface area contributed by atoms with E-state index < -0.39 is 6.29 Å². The van der Waals surface area contributed by atoms with Crippen molar-refractivity contribution in [2.24, 2.45) is 5.73 Å². The zero-order valence-electron chi connectivity index (χ0n) is 5.48. The number of carbonyl (C=O) groups is 1. The molecule has 1 unspecified atom stereocenters. The molecule has 0 saturated heterocycles. The second-order valence-electron chi connectivity index (χ2n) is 2.07. The van der Waals surface area contributed by atoms with Gasteiger partial charge in [-0.25, -0.2) is 4.79 Å². The maximum Gasteiger partial charge on any atom is 0.347 e. The predicted octanol–water partition coefficient (Wildman–Crippen LogP) is -1.50. The SMILES string of the molecule is NC1NC(=O)n2ncnc2N1. The second-order valence-corrected chi connectivity index (χ2v) is 2.07. The van der Waals surface area contributed by atoms with E-state index in [0.29, 0.717) is 5.95 Å². The van der Waals surface area contributed by atoms with E-state index in [4.69, 9.17) is 5.73 Å². The molecule has 0 fully saturated rings. The number of nitrogens with zero attached hydrogens (tertiary/aromatic N) is 3. The minimum Gasteiger partial charge on any atom is -0.321 e. The minimum atomic E-state index is -0.584. The molecular formula is C4H6N6O. The highest BCUT2D eigenvalue weighted by Crippen LogP contribution is 2.04. The second kappa shape index (κ2) is 1.92. The van der Waals surface area contributed by atoms with Gasteiger partial charge in [0.15, 0.2) is 6.29 Å². The third kappa shape index (κ3) is 0.819. The van der Waals surface area contributed by atoms with E-state index in [1.807, 2.05) is 0 Å². The van der Waals surface area contributed by atoms with E-state index in [2.05, 4.69) is 20.7 Å². The van der Waals surface area contributed by atoms with Crippen LogP contribution >= 0.6 is 0 Å². The first kappa shape index (κ1) is 6.10. The van der Waals surface area contributed by atoms with Gasteiger partial charge in [0.05, 0.1) is 0 Å². The van der Waals surface area contributed by atoms with Crippen molar-refractivity contribution < 1.29 is 4.79 Å². The minimum absolute atomic E-state index is 0.362. The molecule has 0 saturated carbocycles. The van der Waals surface area contributed by atoms with Crippen LogP contribution in [0.1, 0.15) is 0 Å². The summed E-state index contributed by atoms with van der Waals surface area (Å²) in [6, 6.07) is -0.372. The van der Waals surface area contributed by atoms with Crippen LogP contribution < -0.4 is 16.4 Å². The lowest BCUT2D eigenvalue weighted by molar-refractivity contribution is 0.235. The summed E-state index contributed by atoms with van der Waals surface area (Å²) in [6.45, 7) is 0. The molecule has 0 aromatic carbocycles. The Hall–Kier alpha value is -1.63. The Morgan fingerprint density at radius 3 is 3.27 bits per heavy atom. The summed E-state index contributed by atoms with van der Waals surface area (Å²) in [4.78, 5) is 14.7. The zero-order chi connectivity index (χ0) is 7.84. The van der Waals surface area contributed by atoms with Gasteiger partial charge in [-0.05, 0) is 0 Å². The number of aromatic nitrogens is 3. The van der Waals surface area contributed by atoms with Gasteiger partial charge in [0.2, 0.25) is 5.95 Å². The van der Waals surface area contributed by atoms with E-state index in [-0.39, 0.29) is 6.03 Å². The Balaban J connectivity index is 2.44. The first-order valence-corrected chi connectivity index (χ1v) is 3.00. The largest absolute Gasteiger partial charge is 0.347 e. The summed E-state index contributed by atoms with van der Waals surface area (Å²) < 4.78 is 1.10. The van der Waals surface area contributed by atoms with Gasteiger partial charge in [-0.2, -0.15) is 4.98 Å². The van der Waals surface area contributed by atoms with E-state index in [0.717, 1.165) is 4.68 Å². The van der Waals surface area contributed by atoms with Crippen LogP contribution in [0, 0.1) is 0 Å². The third-order valence-electron chi connectivity index (χ3n) is 1.30. The molecule has 0 aliphatic carbocycles. The van der Waals surface area contributed by atoms with Crippen LogP contribution in [0.15, 0.2) is 6.33 Å². The first-order chi connectivity index (χ1) is 5.27. The van der Waals surface area contributed by atoms with Gasteiger partial charge in [-0.1, -0.05) is 0 Å². The monoisotopic (exact) mass is 154 g/mol. The highest BCUT2D eigenvalue weighted by Gasteiger charge is 2.21. The molecule has 0 spiro atoms. The molecule has 1 atom stereocenters. The van der Waals surface area contributed by atoms with Gasteiger partial charge in [0, 0.05) is 0 Å². The van der Waals surface area contributed by atoms with Gasteiger partial charge in [0.1, 0.15) is 6.33 Å². The molecule has 11 heavy (non-hydrogen) atoms. The summed E-state index contributed by atoms with van der Waals surface area (Å²) in [5.41, 5.74) is 5.38. The third-order valence-corrected chi connectivity index (χ3v) is 1.30. The topological polar surface area (TPSA) is 97.9 Å². The smallest absolute Gasteiger partial charge is 0.321 e. The average Bonchev–Trinajstić information content (AvgIpc) is 2.34. The highest BCUT2D eigenvalue weighted by molar-refractivity contribution is 5.80. The maximum atomic E-state index is 11.0. The molecule has 1 aliphatic rings. The number of fused-ring (bicyclic) bond motifs is 1. The van der Waals surface area contributed by atoms with Crippen molar-refractivity contribution in [3.8, 4) is 0 Å². The molecular weight excluding hydrogens is 148 g/mol. The number of nitrogens with two attached hydrogens (primary N) is 1. The van der Waals surface area contributed by atoms with E-state index in [9.17, 15) is 4.79 Å². The van der Waals surface area contributed by atoms with Gasteiger partial charge >= 0.3 is 6.03 Å². The number of carbonyl (C=O) groups excluding carboxylic acids is 1. The quantitative estimate of drug-likeness (QED) is 0.422. The molecule has 2 heterocycles. The van der Waals surface area contributed by atoms with Crippen molar-refractivity contribution in [3.63, 3.8) is 0 Å². The van der Waals surface area contributed by atoms with Crippen molar-refractivity contribution in [2.45, 2.75) is 6.29 Å². The number of amides is 1. The molecule has 0 bridgehead atoms. The Labute approximate surface area is 61.6 Å². The van der Waals surface area contributed by atoms with Crippen LogP contribution in [0.2, 0.25) is 0 Å². The molecule has 1 aliphatic heterocycles. The molecule has 58 valence electrons. The fourth-order valence-corrected chi connectivity index (χ4v) is 0.858. The van der Waals surface area contributed by atoms with Crippen LogP contribution in [0.25, 0.3) is 0 Å². The van der Waals surface area contributed by atoms with Crippen LogP contribution in [0.5, 0.6) is 0 Å². The summed E-state index contributed by atoms with van der Waals surface area (Å²) >= 11 is 0. The molecule has 7 heteroatoms. The molecule has 1 amide bonds. The normalized spacial score (nSPS) is 21.9. The van der Waals surface area contributed by atoms with Crippen LogP contribution in [0.4, 0.5) is 10.7 Å². The van der Waals surface area contributed by atoms with Gasteiger partial charge in [-0.3, -0.25) is 5.73 Å². The Kier molecular flexibility index (Phi) is 1.07. The van der Waals surface area contributed by atoms with E-state index in [1.165, 1.54) is 6.33 Å². The first-order valence-electron chi connectivity index (χ1n) is 3.00. The lowest BCUT2D eigenvalue weighted by Gasteiger charge is -2.20. The molecule has 0 radical (unpaired) electrons. The van der Waals surface area contributed by atoms with Gasteiger partial charge in [0.25, 0.3) is 0 Å². The molecule has 4 N–H and O–H groups in total. The molecule has 1 aromatic rings. The Morgan fingerprint density at radius 2 is 2.45 bits per heavy atom. The van der Waals surface area contributed by atoms with Crippen molar-refractivity contribution in [3.05, 3.63) is 6.33 Å². The zero-order valence-corrected chi connectivity index (χ0v) is 5.48. The van der Waals surface area contributed by atoms with Crippen molar-refractivity contribution in [1.82, 2.24) is 20.1 Å².